The minimum absolute atomic E-state index is 0.267. The second-order valence-corrected chi connectivity index (χ2v) is 7.02. The van der Waals surface area contributed by atoms with Gasteiger partial charge in [-0.25, -0.2) is 4.90 Å². The smallest absolute Gasteiger partial charge is 0.241 e. The fraction of sp³-hybridized carbons (Fsp3) is 0.412. The van der Waals surface area contributed by atoms with Crippen LogP contribution in [0.15, 0.2) is 30.4 Å². The van der Waals surface area contributed by atoms with E-state index in [2.05, 4.69) is 0 Å². The van der Waals surface area contributed by atoms with E-state index in [0.717, 1.165) is 0 Å². The quantitative estimate of drug-likeness (QED) is 0.616. The number of methoxy groups -OCH3 is 1. The van der Waals surface area contributed by atoms with Gasteiger partial charge in [0.25, 0.3) is 0 Å². The number of anilines is 1. The molecule has 1 aromatic carbocycles. The number of halogens is 1. The van der Waals surface area contributed by atoms with Gasteiger partial charge >= 0.3 is 0 Å². The Morgan fingerprint density at radius 3 is 2.22 bits per heavy atom. The van der Waals surface area contributed by atoms with Gasteiger partial charge in [-0.1, -0.05) is 23.8 Å². The molecule has 2 saturated heterocycles. The van der Waals surface area contributed by atoms with Crippen molar-refractivity contribution in [1.29, 1.82) is 0 Å². The van der Waals surface area contributed by atoms with Gasteiger partial charge < -0.3 is 9.47 Å². The molecule has 23 heavy (non-hydrogen) atoms. The standard InChI is InChI=1S/C17H16ClNO4/c1-16-6-7-17(2,23-16)13-12(16)14(20)19(15(13)21)10-8-9(18)4-5-11(10)22-3/h4-8,12-13H,1-3H3/t12-,13-,16-,17-/m1/s1. The second kappa shape index (κ2) is 4.36. The van der Waals surface area contributed by atoms with Gasteiger partial charge in [0.05, 0.1) is 35.8 Å². The molecule has 1 aromatic rings. The Morgan fingerprint density at radius 1 is 1.13 bits per heavy atom. The zero-order valence-corrected chi connectivity index (χ0v) is 13.8. The molecule has 0 spiro atoms. The Morgan fingerprint density at radius 2 is 1.70 bits per heavy atom. The number of carbonyl (C=O) groups is 2. The van der Waals surface area contributed by atoms with Crippen LogP contribution in [0.5, 0.6) is 5.75 Å². The number of hydrogen-bond donors (Lipinski definition) is 0. The predicted molar refractivity (Wildman–Crippen MR) is 84.5 cm³/mol. The molecule has 2 bridgehead atoms. The summed E-state index contributed by atoms with van der Waals surface area (Å²) in [5.74, 6) is -1.14. The Hall–Kier alpha value is -1.85. The first-order chi connectivity index (χ1) is 10.8. The molecule has 0 unspecified atom stereocenters. The molecular formula is C17H16ClNO4. The van der Waals surface area contributed by atoms with E-state index in [1.54, 1.807) is 18.2 Å². The maximum absolute atomic E-state index is 13.0. The van der Waals surface area contributed by atoms with Gasteiger partial charge in [0.2, 0.25) is 11.8 Å². The van der Waals surface area contributed by atoms with Crippen LogP contribution in [0.1, 0.15) is 13.8 Å². The Bertz CT molecular complexity index is 740. The zero-order valence-electron chi connectivity index (χ0n) is 13.0. The fourth-order valence-electron chi connectivity index (χ4n) is 4.11. The molecule has 4 atom stereocenters. The number of rotatable bonds is 2. The third kappa shape index (κ3) is 1.72. The summed E-state index contributed by atoms with van der Waals surface area (Å²) in [7, 11) is 1.50. The van der Waals surface area contributed by atoms with Gasteiger partial charge in [0.1, 0.15) is 5.75 Å². The molecular weight excluding hydrogens is 318 g/mol. The predicted octanol–water partition coefficient (Wildman–Crippen LogP) is 2.57. The van der Waals surface area contributed by atoms with Crippen LogP contribution in [0, 0.1) is 11.8 Å². The van der Waals surface area contributed by atoms with Crippen molar-refractivity contribution in [1.82, 2.24) is 0 Å². The van der Waals surface area contributed by atoms with Crippen molar-refractivity contribution in [2.75, 3.05) is 12.0 Å². The molecule has 0 saturated carbocycles. The Kier molecular flexibility index (Phi) is 2.79. The van der Waals surface area contributed by atoms with Crippen molar-refractivity contribution >= 4 is 29.1 Å². The number of carbonyl (C=O) groups excluding carboxylic acids is 2. The number of benzene rings is 1. The molecule has 3 aliphatic rings. The van der Waals surface area contributed by atoms with Crippen LogP contribution in [0.25, 0.3) is 0 Å². The van der Waals surface area contributed by atoms with Gasteiger partial charge in [-0.2, -0.15) is 0 Å². The lowest BCUT2D eigenvalue weighted by molar-refractivity contribution is -0.128. The monoisotopic (exact) mass is 333 g/mol. The molecule has 120 valence electrons. The fourth-order valence-corrected chi connectivity index (χ4v) is 4.27. The summed E-state index contributed by atoms with van der Waals surface area (Å²) in [6.45, 7) is 3.70. The summed E-state index contributed by atoms with van der Waals surface area (Å²) in [4.78, 5) is 27.2. The number of hydrogen-bond acceptors (Lipinski definition) is 4. The van der Waals surface area contributed by atoms with E-state index < -0.39 is 23.0 Å². The molecule has 0 radical (unpaired) electrons. The van der Waals surface area contributed by atoms with Crippen LogP contribution in [0.3, 0.4) is 0 Å². The van der Waals surface area contributed by atoms with E-state index in [9.17, 15) is 9.59 Å². The van der Waals surface area contributed by atoms with Gasteiger partial charge in [-0.3, -0.25) is 9.59 Å². The number of ether oxygens (including phenoxy) is 2. The van der Waals surface area contributed by atoms with Gasteiger partial charge in [-0.15, -0.1) is 0 Å². The lowest BCUT2D eigenvalue weighted by Crippen LogP contribution is -2.39. The van der Waals surface area contributed by atoms with Gasteiger partial charge in [-0.05, 0) is 32.0 Å². The minimum atomic E-state index is -0.743. The number of nitrogens with zero attached hydrogens (tertiary/aromatic N) is 1. The highest BCUT2D eigenvalue weighted by molar-refractivity contribution is 6.31. The summed E-state index contributed by atoms with van der Waals surface area (Å²) in [6, 6.07) is 4.89. The maximum atomic E-state index is 13.0. The van der Waals surface area contributed by atoms with Gasteiger partial charge in [0.15, 0.2) is 0 Å². The van der Waals surface area contributed by atoms with Crippen LogP contribution in [-0.4, -0.2) is 30.1 Å². The lowest BCUT2D eigenvalue weighted by atomic mass is 9.73. The normalized spacial score (nSPS) is 37.7. The summed E-state index contributed by atoms with van der Waals surface area (Å²) in [5, 5.41) is 0.438. The molecule has 2 fully saturated rings. The largest absolute Gasteiger partial charge is 0.495 e. The van der Waals surface area contributed by atoms with E-state index in [1.807, 2.05) is 26.0 Å². The Labute approximate surface area is 138 Å². The highest BCUT2D eigenvalue weighted by Gasteiger charge is 2.70. The first kappa shape index (κ1) is 14.7. The van der Waals surface area contributed by atoms with E-state index in [1.165, 1.54) is 12.0 Å². The average Bonchev–Trinajstić information content (AvgIpc) is 3.04. The third-order valence-electron chi connectivity index (χ3n) is 5.11. The molecule has 0 N–H and O–H groups in total. The van der Waals surface area contributed by atoms with E-state index in [4.69, 9.17) is 21.1 Å². The SMILES string of the molecule is COc1ccc(Cl)cc1N1C(=O)[C@H]2[C@H](C1=O)[C@@]1(C)C=C[C@@]2(C)O1. The van der Waals surface area contributed by atoms with Crippen molar-refractivity contribution < 1.29 is 19.1 Å². The first-order valence-electron chi connectivity index (χ1n) is 7.43. The molecule has 5 nitrogen and oxygen atoms in total. The van der Waals surface area contributed by atoms with Crippen molar-refractivity contribution in [3.8, 4) is 5.75 Å². The van der Waals surface area contributed by atoms with Gasteiger partial charge in [0, 0.05) is 5.02 Å². The molecule has 0 aromatic heterocycles. The lowest BCUT2D eigenvalue weighted by Gasteiger charge is -2.26. The van der Waals surface area contributed by atoms with Crippen molar-refractivity contribution in [2.45, 2.75) is 25.0 Å². The summed E-state index contributed by atoms with van der Waals surface area (Å²) >= 11 is 6.05. The van der Waals surface area contributed by atoms with Crippen LogP contribution < -0.4 is 9.64 Å². The van der Waals surface area contributed by atoms with Crippen LogP contribution in [0.4, 0.5) is 5.69 Å². The summed E-state index contributed by atoms with van der Waals surface area (Å²) in [5.41, 5.74) is -1.10. The Balaban J connectivity index is 1.84. The minimum Gasteiger partial charge on any atom is -0.495 e. The molecule has 3 aliphatic heterocycles. The molecule has 4 rings (SSSR count). The highest BCUT2D eigenvalue weighted by Crippen LogP contribution is 2.58. The van der Waals surface area contributed by atoms with Crippen molar-refractivity contribution in [2.24, 2.45) is 11.8 Å². The number of imide groups is 1. The van der Waals surface area contributed by atoms with E-state index >= 15 is 0 Å². The van der Waals surface area contributed by atoms with Crippen molar-refractivity contribution in [3.63, 3.8) is 0 Å². The van der Waals surface area contributed by atoms with Crippen LogP contribution in [0.2, 0.25) is 5.02 Å². The van der Waals surface area contributed by atoms with Crippen LogP contribution in [-0.2, 0) is 14.3 Å². The summed E-state index contributed by atoms with van der Waals surface area (Å²) in [6.07, 6.45) is 3.77. The molecule has 0 aliphatic carbocycles. The highest BCUT2D eigenvalue weighted by atomic mass is 35.5. The zero-order chi connectivity index (χ0) is 16.6. The van der Waals surface area contributed by atoms with Crippen molar-refractivity contribution in [3.05, 3.63) is 35.4 Å². The molecule has 3 heterocycles. The molecule has 6 heteroatoms. The van der Waals surface area contributed by atoms with E-state index in [0.29, 0.717) is 16.5 Å². The summed E-state index contributed by atoms with van der Waals surface area (Å²) < 4.78 is 11.3. The maximum Gasteiger partial charge on any atom is 0.241 e. The van der Waals surface area contributed by atoms with E-state index in [-0.39, 0.29) is 11.8 Å². The first-order valence-corrected chi connectivity index (χ1v) is 7.80. The second-order valence-electron chi connectivity index (χ2n) is 6.59. The number of amides is 2. The third-order valence-corrected chi connectivity index (χ3v) is 5.34. The topological polar surface area (TPSA) is 55.8 Å². The average molecular weight is 334 g/mol. The number of fused-ring (bicyclic) bond motifs is 5. The van der Waals surface area contributed by atoms with Crippen LogP contribution >= 0.6 is 11.6 Å². The molecule has 2 amide bonds.